The molecule has 0 aromatic carbocycles. The fourth-order valence-electron chi connectivity index (χ4n) is 2.25. The summed E-state index contributed by atoms with van der Waals surface area (Å²) in [7, 11) is 2.20. The maximum Gasteiger partial charge on any atom is 0.0284 e. The van der Waals surface area contributed by atoms with Gasteiger partial charge in [-0.15, -0.1) is 0 Å². The standard InChI is InChI=1S/C11H23N3/c1-13(10-11(12)4-5-11)8-9-14-6-2-3-7-14/h2-10,12H2,1H3. The van der Waals surface area contributed by atoms with Gasteiger partial charge in [0, 0.05) is 25.2 Å². The summed E-state index contributed by atoms with van der Waals surface area (Å²) in [6.07, 6.45) is 5.23. The van der Waals surface area contributed by atoms with Crippen molar-refractivity contribution in [2.75, 3.05) is 39.8 Å². The molecule has 0 amide bonds. The normalized spacial score (nSPS) is 25.9. The second-order valence-electron chi connectivity index (χ2n) is 5.15. The number of likely N-dealkylation sites (N-methyl/N-ethyl adjacent to an activating group) is 1. The number of hydrogen-bond donors (Lipinski definition) is 1. The molecule has 1 saturated heterocycles. The smallest absolute Gasteiger partial charge is 0.0284 e. The highest BCUT2D eigenvalue weighted by molar-refractivity contribution is 5.00. The van der Waals surface area contributed by atoms with E-state index < -0.39 is 0 Å². The summed E-state index contributed by atoms with van der Waals surface area (Å²) in [5.41, 5.74) is 6.26. The molecule has 2 aliphatic rings. The lowest BCUT2D eigenvalue weighted by Crippen LogP contribution is -2.40. The zero-order valence-corrected chi connectivity index (χ0v) is 9.34. The lowest BCUT2D eigenvalue weighted by atomic mass is 10.3. The molecule has 1 aliphatic carbocycles. The van der Waals surface area contributed by atoms with Crippen molar-refractivity contribution in [1.82, 2.24) is 9.80 Å². The van der Waals surface area contributed by atoms with Crippen LogP contribution in [-0.2, 0) is 0 Å². The Kier molecular flexibility index (Phi) is 3.10. The number of rotatable bonds is 5. The average molecular weight is 197 g/mol. The minimum atomic E-state index is 0.180. The highest BCUT2D eigenvalue weighted by Crippen LogP contribution is 2.32. The van der Waals surface area contributed by atoms with Gasteiger partial charge in [0.15, 0.2) is 0 Å². The monoisotopic (exact) mass is 197 g/mol. The van der Waals surface area contributed by atoms with Gasteiger partial charge < -0.3 is 15.5 Å². The van der Waals surface area contributed by atoms with Crippen molar-refractivity contribution in [3.8, 4) is 0 Å². The number of nitrogens with zero attached hydrogens (tertiary/aromatic N) is 2. The topological polar surface area (TPSA) is 32.5 Å². The van der Waals surface area contributed by atoms with Crippen LogP contribution in [0.15, 0.2) is 0 Å². The van der Waals surface area contributed by atoms with E-state index in [0.717, 1.165) is 6.54 Å². The first kappa shape index (κ1) is 10.4. The van der Waals surface area contributed by atoms with E-state index in [-0.39, 0.29) is 5.54 Å². The van der Waals surface area contributed by atoms with Crippen molar-refractivity contribution in [3.63, 3.8) is 0 Å². The molecule has 1 aliphatic heterocycles. The molecule has 0 spiro atoms. The van der Waals surface area contributed by atoms with Crippen LogP contribution in [0.5, 0.6) is 0 Å². The van der Waals surface area contributed by atoms with Crippen LogP contribution in [0.3, 0.4) is 0 Å². The van der Waals surface area contributed by atoms with Gasteiger partial charge in [0.25, 0.3) is 0 Å². The number of nitrogens with two attached hydrogens (primary N) is 1. The van der Waals surface area contributed by atoms with Gasteiger partial charge in [-0.3, -0.25) is 0 Å². The van der Waals surface area contributed by atoms with Crippen LogP contribution in [0.2, 0.25) is 0 Å². The highest BCUT2D eigenvalue weighted by Gasteiger charge is 2.38. The van der Waals surface area contributed by atoms with E-state index in [2.05, 4.69) is 16.8 Å². The molecule has 3 nitrogen and oxygen atoms in total. The molecule has 2 N–H and O–H groups in total. The summed E-state index contributed by atoms with van der Waals surface area (Å²) in [5, 5.41) is 0. The largest absolute Gasteiger partial charge is 0.324 e. The Morgan fingerprint density at radius 3 is 2.50 bits per heavy atom. The van der Waals surface area contributed by atoms with Gasteiger partial charge >= 0.3 is 0 Å². The molecule has 0 aromatic heterocycles. The quantitative estimate of drug-likeness (QED) is 0.697. The molecular weight excluding hydrogens is 174 g/mol. The maximum absolute atomic E-state index is 6.08. The second-order valence-corrected chi connectivity index (χ2v) is 5.15. The van der Waals surface area contributed by atoms with Crippen LogP contribution in [0.4, 0.5) is 0 Å². The molecule has 3 heteroatoms. The molecule has 1 saturated carbocycles. The lowest BCUT2D eigenvalue weighted by molar-refractivity contribution is 0.244. The molecule has 14 heavy (non-hydrogen) atoms. The fraction of sp³-hybridized carbons (Fsp3) is 1.00. The van der Waals surface area contributed by atoms with Gasteiger partial charge in [-0.25, -0.2) is 0 Å². The molecule has 1 heterocycles. The van der Waals surface area contributed by atoms with Crippen LogP contribution in [-0.4, -0.2) is 55.1 Å². The van der Waals surface area contributed by atoms with E-state index in [0.29, 0.717) is 0 Å². The van der Waals surface area contributed by atoms with Crippen LogP contribution in [0, 0.1) is 0 Å². The Morgan fingerprint density at radius 2 is 1.93 bits per heavy atom. The van der Waals surface area contributed by atoms with Crippen LogP contribution < -0.4 is 5.73 Å². The molecular formula is C11H23N3. The lowest BCUT2D eigenvalue weighted by Gasteiger charge is -2.23. The van der Waals surface area contributed by atoms with E-state index in [9.17, 15) is 0 Å². The summed E-state index contributed by atoms with van der Waals surface area (Å²) in [5.74, 6) is 0. The van der Waals surface area contributed by atoms with Gasteiger partial charge in [0.2, 0.25) is 0 Å². The third-order valence-electron chi connectivity index (χ3n) is 3.47. The SMILES string of the molecule is CN(CCN1CCCC1)CC1(N)CC1. The van der Waals surface area contributed by atoms with Crippen LogP contribution in [0.25, 0.3) is 0 Å². The summed E-state index contributed by atoms with van der Waals surface area (Å²) >= 11 is 0. The van der Waals surface area contributed by atoms with Crippen LogP contribution in [0.1, 0.15) is 25.7 Å². The van der Waals surface area contributed by atoms with Gasteiger partial charge in [-0.05, 0) is 45.8 Å². The summed E-state index contributed by atoms with van der Waals surface area (Å²) in [6.45, 7) is 6.11. The van der Waals surface area contributed by atoms with Gasteiger partial charge in [-0.1, -0.05) is 0 Å². The van der Waals surface area contributed by atoms with Gasteiger partial charge in [0.05, 0.1) is 0 Å². The van der Waals surface area contributed by atoms with E-state index in [4.69, 9.17) is 5.73 Å². The summed E-state index contributed by atoms with van der Waals surface area (Å²) in [4.78, 5) is 4.96. The fourth-order valence-corrected chi connectivity index (χ4v) is 2.25. The van der Waals surface area contributed by atoms with Crippen molar-refractivity contribution in [3.05, 3.63) is 0 Å². The van der Waals surface area contributed by atoms with E-state index in [1.165, 1.54) is 51.9 Å². The van der Waals surface area contributed by atoms with Crippen molar-refractivity contribution < 1.29 is 0 Å². The van der Waals surface area contributed by atoms with Crippen LogP contribution >= 0.6 is 0 Å². The van der Waals surface area contributed by atoms with Crippen molar-refractivity contribution in [1.29, 1.82) is 0 Å². The first-order chi connectivity index (χ1) is 6.68. The Labute approximate surface area is 87.2 Å². The number of hydrogen-bond acceptors (Lipinski definition) is 3. The van der Waals surface area contributed by atoms with Crippen molar-refractivity contribution in [2.45, 2.75) is 31.2 Å². The average Bonchev–Trinajstić information content (AvgIpc) is 2.70. The Balaban J connectivity index is 1.59. The first-order valence-electron chi connectivity index (χ1n) is 5.88. The molecule has 0 bridgehead atoms. The molecule has 82 valence electrons. The van der Waals surface area contributed by atoms with E-state index in [1.807, 2.05) is 0 Å². The molecule has 0 aromatic rings. The van der Waals surface area contributed by atoms with Gasteiger partial charge in [-0.2, -0.15) is 0 Å². The summed E-state index contributed by atoms with van der Waals surface area (Å²) in [6, 6.07) is 0. The Bertz CT molecular complexity index is 183. The highest BCUT2D eigenvalue weighted by atomic mass is 15.2. The van der Waals surface area contributed by atoms with Gasteiger partial charge in [0.1, 0.15) is 0 Å². The minimum absolute atomic E-state index is 0.180. The third kappa shape index (κ3) is 2.94. The predicted molar refractivity (Wildman–Crippen MR) is 59.3 cm³/mol. The third-order valence-corrected chi connectivity index (χ3v) is 3.47. The second kappa shape index (κ2) is 4.17. The maximum atomic E-state index is 6.08. The predicted octanol–water partition coefficient (Wildman–Crippen LogP) is 0.505. The molecule has 2 rings (SSSR count). The van der Waals surface area contributed by atoms with E-state index in [1.54, 1.807) is 0 Å². The zero-order chi connectivity index (χ0) is 10.0. The Hall–Kier alpha value is -0.120. The number of likely N-dealkylation sites (tertiary alicyclic amines) is 1. The molecule has 2 fully saturated rings. The molecule has 0 radical (unpaired) electrons. The van der Waals surface area contributed by atoms with E-state index >= 15 is 0 Å². The Morgan fingerprint density at radius 1 is 1.29 bits per heavy atom. The van der Waals surface area contributed by atoms with Crippen molar-refractivity contribution in [2.24, 2.45) is 5.73 Å². The first-order valence-corrected chi connectivity index (χ1v) is 5.88. The minimum Gasteiger partial charge on any atom is -0.324 e. The summed E-state index contributed by atoms with van der Waals surface area (Å²) < 4.78 is 0. The zero-order valence-electron chi connectivity index (χ0n) is 9.34. The van der Waals surface area contributed by atoms with Crippen molar-refractivity contribution >= 4 is 0 Å². The molecule has 0 unspecified atom stereocenters. The molecule has 0 atom stereocenters.